The monoisotopic (exact) mass is 286 g/mol. The third kappa shape index (κ3) is 1.91. The SMILES string of the molecule is CC(C)n1c(CCl)nc2ccc(Br)cc21. The van der Waals surface area contributed by atoms with Crippen LogP contribution in [0.25, 0.3) is 11.0 Å². The molecule has 0 saturated carbocycles. The minimum atomic E-state index is 0.373. The Labute approximate surface area is 102 Å². The van der Waals surface area contributed by atoms with Gasteiger partial charge < -0.3 is 4.57 Å². The number of alkyl halides is 1. The fourth-order valence-corrected chi connectivity index (χ4v) is 2.32. The molecule has 0 radical (unpaired) electrons. The molecule has 2 aromatic rings. The number of imidazole rings is 1. The van der Waals surface area contributed by atoms with Crippen molar-refractivity contribution in [3.05, 3.63) is 28.5 Å². The molecule has 0 aliphatic carbocycles. The smallest absolute Gasteiger partial charge is 0.125 e. The van der Waals surface area contributed by atoms with Gasteiger partial charge in [0.2, 0.25) is 0 Å². The predicted octanol–water partition coefficient (Wildman–Crippen LogP) is 4.12. The van der Waals surface area contributed by atoms with Gasteiger partial charge in [-0.2, -0.15) is 0 Å². The maximum absolute atomic E-state index is 5.89. The molecular formula is C11H12BrClN2. The summed E-state index contributed by atoms with van der Waals surface area (Å²) in [6.07, 6.45) is 0. The normalized spacial score (nSPS) is 11.5. The molecule has 0 bridgehead atoms. The van der Waals surface area contributed by atoms with E-state index in [-0.39, 0.29) is 0 Å². The van der Waals surface area contributed by atoms with E-state index in [1.165, 1.54) is 0 Å². The van der Waals surface area contributed by atoms with Crippen molar-refractivity contribution in [3.8, 4) is 0 Å². The Balaban J connectivity index is 2.76. The molecular weight excluding hydrogens is 275 g/mol. The first-order valence-corrected chi connectivity index (χ1v) is 6.18. The third-order valence-electron chi connectivity index (χ3n) is 2.36. The summed E-state index contributed by atoms with van der Waals surface area (Å²) in [7, 11) is 0. The average molecular weight is 288 g/mol. The van der Waals surface area contributed by atoms with E-state index in [4.69, 9.17) is 11.6 Å². The highest BCUT2D eigenvalue weighted by Gasteiger charge is 2.12. The van der Waals surface area contributed by atoms with Crippen LogP contribution in [-0.4, -0.2) is 9.55 Å². The Morgan fingerprint density at radius 2 is 2.20 bits per heavy atom. The lowest BCUT2D eigenvalue weighted by Crippen LogP contribution is -2.04. The Morgan fingerprint density at radius 1 is 1.47 bits per heavy atom. The number of benzene rings is 1. The molecule has 0 fully saturated rings. The van der Waals surface area contributed by atoms with Gasteiger partial charge in [0.05, 0.1) is 16.9 Å². The van der Waals surface area contributed by atoms with Gasteiger partial charge in [0.25, 0.3) is 0 Å². The molecule has 0 aliphatic rings. The quantitative estimate of drug-likeness (QED) is 0.760. The molecule has 0 aliphatic heterocycles. The molecule has 0 atom stereocenters. The second-order valence-corrected chi connectivity index (χ2v) is 4.94. The molecule has 1 heterocycles. The van der Waals surface area contributed by atoms with Crippen molar-refractivity contribution >= 4 is 38.6 Å². The summed E-state index contributed by atoms with van der Waals surface area (Å²) in [5.74, 6) is 1.38. The molecule has 1 aromatic carbocycles. The van der Waals surface area contributed by atoms with Crippen molar-refractivity contribution in [2.75, 3.05) is 0 Å². The lowest BCUT2D eigenvalue weighted by Gasteiger charge is -2.11. The van der Waals surface area contributed by atoms with Crippen LogP contribution in [0.3, 0.4) is 0 Å². The van der Waals surface area contributed by atoms with Crippen molar-refractivity contribution in [3.63, 3.8) is 0 Å². The lowest BCUT2D eigenvalue weighted by molar-refractivity contribution is 0.597. The van der Waals surface area contributed by atoms with Crippen LogP contribution in [0.4, 0.5) is 0 Å². The number of halogens is 2. The van der Waals surface area contributed by atoms with Crippen LogP contribution in [0.15, 0.2) is 22.7 Å². The molecule has 4 heteroatoms. The van der Waals surface area contributed by atoms with E-state index < -0.39 is 0 Å². The molecule has 0 saturated heterocycles. The van der Waals surface area contributed by atoms with E-state index in [0.717, 1.165) is 21.3 Å². The maximum Gasteiger partial charge on any atom is 0.125 e. The van der Waals surface area contributed by atoms with Gasteiger partial charge in [-0.15, -0.1) is 11.6 Å². The van der Waals surface area contributed by atoms with Gasteiger partial charge in [0, 0.05) is 10.5 Å². The maximum atomic E-state index is 5.89. The van der Waals surface area contributed by atoms with E-state index in [0.29, 0.717) is 11.9 Å². The minimum absolute atomic E-state index is 0.373. The molecule has 2 rings (SSSR count). The fraction of sp³-hybridized carbons (Fsp3) is 0.364. The van der Waals surface area contributed by atoms with Crippen molar-refractivity contribution in [2.45, 2.75) is 25.8 Å². The zero-order valence-corrected chi connectivity index (χ0v) is 11.0. The highest BCUT2D eigenvalue weighted by Crippen LogP contribution is 2.25. The largest absolute Gasteiger partial charge is 0.324 e. The van der Waals surface area contributed by atoms with Crippen LogP contribution in [0, 0.1) is 0 Å². The molecule has 15 heavy (non-hydrogen) atoms. The standard InChI is InChI=1S/C11H12BrClN2/c1-7(2)15-10-5-8(12)3-4-9(10)14-11(15)6-13/h3-5,7H,6H2,1-2H3. The Bertz CT molecular complexity index is 491. The first-order chi connectivity index (χ1) is 7.13. The van der Waals surface area contributed by atoms with Crippen molar-refractivity contribution in [1.29, 1.82) is 0 Å². The van der Waals surface area contributed by atoms with E-state index in [9.17, 15) is 0 Å². The summed E-state index contributed by atoms with van der Waals surface area (Å²) < 4.78 is 3.24. The van der Waals surface area contributed by atoms with Crippen molar-refractivity contribution < 1.29 is 0 Å². The molecule has 0 unspecified atom stereocenters. The number of aromatic nitrogens is 2. The number of hydrogen-bond donors (Lipinski definition) is 0. The third-order valence-corrected chi connectivity index (χ3v) is 3.09. The molecule has 0 spiro atoms. The Kier molecular flexibility index (Phi) is 3.03. The van der Waals surface area contributed by atoms with Crippen molar-refractivity contribution in [1.82, 2.24) is 9.55 Å². The van der Waals surface area contributed by atoms with Gasteiger partial charge in [0.15, 0.2) is 0 Å². The Morgan fingerprint density at radius 3 is 2.80 bits per heavy atom. The van der Waals surface area contributed by atoms with E-state index >= 15 is 0 Å². The summed E-state index contributed by atoms with van der Waals surface area (Å²) in [6.45, 7) is 4.27. The van der Waals surface area contributed by atoms with Gasteiger partial charge in [0.1, 0.15) is 5.82 Å². The summed E-state index contributed by atoms with van der Waals surface area (Å²) in [6, 6.07) is 6.46. The van der Waals surface area contributed by atoms with Crippen LogP contribution < -0.4 is 0 Å². The number of hydrogen-bond acceptors (Lipinski definition) is 1. The zero-order chi connectivity index (χ0) is 11.0. The van der Waals surface area contributed by atoms with E-state index in [2.05, 4.69) is 45.4 Å². The second kappa shape index (κ2) is 4.14. The van der Waals surface area contributed by atoms with E-state index in [1.54, 1.807) is 0 Å². The molecule has 0 N–H and O–H groups in total. The van der Waals surface area contributed by atoms with Crippen LogP contribution >= 0.6 is 27.5 Å². The number of fused-ring (bicyclic) bond motifs is 1. The first-order valence-electron chi connectivity index (χ1n) is 4.86. The van der Waals surface area contributed by atoms with Gasteiger partial charge in [-0.1, -0.05) is 15.9 Å². The van der Waals surface area contributed by atoms with Gasteiger partial charge in [-0.3, -0.25) is 0 Å². The highest BCUT2D eigenvalue weighted by atomic mass is 79.9. The Hall–Kier alpha value is -0.540. The summed E-state index contributed by atoms with van der Waals surface area (Å²) in [5, 5.41) is 0. The van der Waals surface area contributed by atoms with Crippen LogP contribution in [0.2, 0.25) is 0 Å². The molecule has 2 nitrogen and oxygen atoms in total. The van der Waals surface area contributed by atoms with E-state index in [1.807, 2.05) is 12.1 Å². The topological polar surface area (TPSA) is 17.8 Å². The molecule has 80 valence electrons. The van der Waals surface area contributed by atoms with Gasteiger partial charge in [-0.05, 0) is 32.0 Å². The molecule has 0 amide bonds. The number of rotatable bonds is 2. The molecule has 1 aromatic heterocycles. The highest BCUT2D eigenvalue weighted by molar-refractivity contribution is 9.10. The van der Waals surface area contributed by atoms with Crippen LogP contribution in [-0.2, 0) is 5.88 Å². The summed E-state index contributed by atoms with van der Waals surface area (Å²) in [5.41, 5.74) is 2.14. The second-order valence-electron chi connectivity index (χ2n) is 3.76. The van der Waals surface area contributed by atoms with Gasteiger partial charge >= 0.3 is 0 Å². The van der Waals surface area contributed by atoms with Crippen LogP contribution in [0.1, 0.15) is 25.7 Å². The summed E-state index contributed by atoms with van der Waals surface area (Å²) in [4.78, 5) is 4.50. The minimum Gasteiger partial charge on any atom is -0.324 e. The number of nitrogens with zero attached hydrogens (tertiary/aromatic N) is 2. The predicted molar refractivity (Wildman–Crippen MR) is 67.4 cm³/mol. The first kappa shape index (κ1) is 11.0. The fourth-order valence-electron chi connectivity index (χ4n) is 1.79. The summed E-state index contributed by atoms with van der Waals surface area (Å²) >= 11 is 9.37. The van der Waals surface area contributed by atoms with Crippen LogP contribution in [0.5, 0.6) is 0 Å². The average Bonchev–Trinajstić information content (AvgIpc) is 2.55. The zero-order valence-electron chi connectivity index (χ0n) is 8.67. The van der Waals surface area contributed by atoms with Crippen molar-refractivity contribution in [2.24, 2.45) is 0 Å². The van der Waals surface area contributed by atoms with Gasteiger partial charge in [-0.25, -0.2) is 4.98 Å². The lowest BCUT2D eigenvalue weighted by atomic mass is 10.3.